The van der Waals surface area contributed by atoms with Crippen molar-refractivity contribution >= 4 is 12.0 Å². The van der Waals surface area contributed by atoms with Gasteiger partial charge in [-0.15, -0.1) is 0 Å². The van der Waals surface area contributed by atoms with Crippen molar-refractivity contribution in [3.63, 3.8) is 0 Å². The minimum atomic E-state index is -0.466. The molecule has 0 spiro atoms. The molecule has 0 radical (unpaired) electrons. The van der Waals surface area contributed by atoms with Gasteiger partial charge in [0.05, 0.1) is 13.7 Å². The summed E-state index contributed by atoms with van der Waals surface area (Å²) in [7, 11) is 1.60. The SMILES string of the molecule is CCCCCOc1ccc(/C=C/C(=O)Oc2ccc(OCc3ccccc3)cc2)cc1OC. The van der Waals surface area contributed by atoms with Crippen LogP contribution in [0.1, 0.15) is 37.3 Å². The Kier molecular flexibility index (Phi) is 9.40. The van der Waals surface area contributed by atoms with E-state index in [0.717, 1.165) is 30.4 Å². The summed E-state index contributed by atoms with van der Waals surface area (Å²) < 4.78 is 22.3. The van der Waals surface area contributed by atoms with Crippen LogP contribution in [0.5, 0.6) is 23.0 Å². The summed E-state index contributed by atoms with van der Waals surface area (Å²) in [5, 5.41) is 0. The van der Waals surface area contributed by atoms with Crippen LogP contribution in [0.2, 0.25) is 0 Å². The predicted molar refractivity (Wildman–Crippen MR) is 130 cm³/mol. The largest absolute Gasteiger partial charge is 0.493 e. The summed E-state index contributed by atoms with van der Waals surface area (Å²) in [6.45, 7) is 3.29. The molecule has 0 aliphatic heterocycles. The van der Waals surface area contributed by atoms with Crippen molar-refractivity contribution in [2.75, 3.05) is 13.7 Å². The van der Waals surface area contributed by atoms with Crippen molar-refractivity contribution in [3.05, 3.63) is 90.0 Å². The number of methoxy groups -OCH3 is 1. The lowest BCUT2D eigenvalue weighted by atomic mass is 10.2. The Labute approximate surface area is 195 Å². The van der Waals surface area contributed by atoms with Crippen LogP contribution in [0.15, 0.2) is 78.9 Å². The van der Waals surface area contributed by atoms with E-state index in [9.17, 15) is 4.79 Å². The highest BCUT2D eigenvalue weighted by atomic mass is 16.5. The standard InChI is InChI=1S/C28H30O5/c1-3-4-8-19-31-26-17-11-22(20-27(26)30-2)12-18-28(29)33-25-15-13-24(14-16-25)32-21-23-9-6-5-7-10-23/h5-7,9-18,20H,3-4,8,19,21H2,1-2H3/b18-12+. The van der Waals surface area contributed by atoms with Gasteiger partial charge in [-0.05, 0) is 60.0 Å². The third-order valence-corrected chi connectivity index (χ3v) is 4.90. The zero-order valence-corrected chi connectivity index (χ0v) is 19.2. The lowest BCUT2D eigenvalue weighted by Crippen LogP contribution is -2.03. The quantitative estimate of drug-likeness (QED) is 0.138. The molecule has 5 heteroatoms. The lowest BCUT2D eigenvalue weighted by molar-refractivity contribution is -0.128. The van der Waals surface area contributed by atoms with Crippen LogP contribution in [0.4, 0.5) is 0 Å². The number of carbonyl (C=O) groups is 1. The molecule has 0 saturated carbocycles. The Morgan fingerprint density at radius 2 is 1.61 bits per heavy atom. The molecule has 0 atom stereocenters. The molecule has 5 nitrogen and oxygen atoms in total. The molecule has 0 amide bonds. The average Bonchev–Trinajstić information content (AvgIpc) is 2.86. The van der Waals surface area contributed by atoms with E-state index in [1.54, 1.807) is 37.5 Å². The number of rotatable bonds is 12. The first-order chi connectivity index (χ1) is 16.2. The van der Waals surface area contributed by atoms with Gasteiger partial charge in [0.2, 0.25) is 0 Å². The van der Waals surface area contributed by atoms with E-state index in [1.165, 1.54) is 6.08 Å². The molecular weight excluding hydrogens is 416 g/mol. The summed E-state index contributed by atoms with van der Waals surface area (Å²) in [6, 6.07) is 22.5. The van der Waals surface area contributed by atoms with Crippen LogP contribution in [0.25, 0.3) is 6.08 Å². The summed E-state index contributed by atoms with van der Waals surface area (Å²) in [4.78, 5) is 12.2. The van der Waals surface area contributed by atoms with Gasteiger partial charge in [0.15, 0.2) is 11.5 Å². The molecule has 0 saturated heterocycles. The molecule has 0 aliphatic rings. The molecular formula is C28H30O5. The van der Waals surface area contributed by atoms with Crippen LogP contribution in [0, 0.1) is 0 Å². The van der Waals surface area contributed by atoms with Crippen LogP contribution in [-0.2, 0) is 11.4 Å². The molecule has 0 unspecified atom stereocenters. The summed E-state index contributed by atoms with van der Waals surface area (Å²) in [5.74, 6) is 2.02. The van der Waals surface area contributed by atoms with Crippen LogP contribution in [-0.4, -0.2) is 19.7 Å². The Bertz CT molecular complexity index is 1030. The second kappa shape index (κ2) is 13.0. The predicted octanol–water partition coefficient (Wildman–Crippen LogP) is 6.46. The van der Waals surface area contributed by atoms with E-state index in [4.69, 9.17) is 18.9 Å². The number of ether oxygens (including phenoxy) is 4. The molecule has 172 valence electrons. The fraction of sp³-hybridized carbons (Fsp3) is 0.250. The third kappa shape index (κ3) is 8.04. The molecule has 33 heavy (non-hydrogen) atoms. The van der Waals surface area contributed by atoms with Crippen LogP contribution in [0.3, 0.4) is 0 Å². The number of unbranched alkanes of at least 4 members (excludes halogenated alkanes) is 2. The van der Waals surface area contributed by atoms with E-state index >= 15 is 0 Å². The number of hydrogen-bond acceptors (Lipinski definition) is 5. The molecule has 0 aliphatic carbocycles. The maximum atomic E-state index is 12.2. The summed E-state index contributed by atoms with van der Waals surface area (Å²) in [5.41, 5.74) is 1.90. The van der Waals surface area contributed by atoms with E-state index in [2.05, 4.69) is 6.92 Å². The molecule has 0 heterocycles. The Morgan fingerprint density at radius 1 is 0.848 bits per heavy atom. The van der Waals surface area contributed by atoms with Gasteiger partial charge in [-0.25, -0.2) is 4.79 Å². The van der Waals surface area contributed by atoms with E-state index in [-0.39, 0.29) is 0 Å². The summed E-state index contributed by atoms with van der Waals surface area (Å²) in [6.07, 6.45) is 6.36. The lowest BCUT2D eigenvalue weighted by Gasteiger charge is -2.11. The van der Waals surface area contributed by atoms with Crippen molar-refractivity contribution in [1.82, 2.24) is 0 Å². The van der Waals surface area contributed by atoms with E-state index in [0.29, 0.717) is 36.2 Å². The first-order valence-corrected chi connectivity index (χ1v) is 11.2. The maximum Gasteiger partial charge on any atom is 0.336 e. The van der Waals surface area contributed by atoms with Crippen LogP contribution >= 0.6 is 0 Å². The second-order valence-electron chi connectivity index (χ2n) is 7.47. The van der Waals surface area contributed by atoms with Gasteiger partial charge in [-0.2, -0.15) is 0 Å². The smallest absolute Gasteiger partial charge is 0.336 e. The molecule has 3 rings (SSSR count). The molecule has 0 bridgehead atoms. The second-order valence-corrected chi connectivity index (χ2v) is 7.47. The first-order valence-electron chi connectivity index (χ1n) is 11.2. The zero-order valence-electron chi connectivity index (χ0n) is 19.2. The van der Waals surface area contributed by atoms with Crippen molar-refractivity contribution in [2.24, 2.45) is 0 Å². The minimum Gasteiger partial charge on any atom is -0.493 e. The van der Waals surface area contributed by atoms with Gasteiger partial charge in [-0.3, -0.25) is 0 Å². The van der Waals surface area contributed by atoms with Crippen LogP contribution < -0.4 is 18.9 Å². The first kappa shape index (κ1) is 23.9. The minimum absolute atomic E-state index is 0.449. The fourth-order valence-electron chi connectivity index (χ4n) is 3.10. The van der Waals surface area contributed by atoms with E-state index < -0.39 is 5.97 Å². The number of hydrogen-bond donors (Lipinski definition) is 0. The molecule has 3 aromatic rings. The van der Waals surface area contributed by atoms with E-state index in [1.807, 2.05) is 48.5 Å². The van der Waals surface area contributed by atoms with Gasteiger partial charge in [0, 0.05) is 6.08 Å². The van der Waals surface area contributed by atoms with Gasteiger partial charge < -0.3 is 18.9 Å². The Hall–Kier alpha value is -3.73. The monoisotopic (exact) mass is 446 g/mol. The zero-order chi connectivity index (χ0) is 23.3. The molecule has 0 aromatic heterocycles. The Balaban J connectivity index is 1.50. The maximum absolute atomic E-state index is 12.2. The third-order valence-electron chi connectivity index (χ3n) is 4.90. The molecule has 3 aromatic carbocycles. The van der Waals surface area contributed by atoms with Gasteiger partial charge >= 0.3 is 5.97 Å². The van der Waals surface area contributed by atoms with Crippen molar-refractivity contribution in [1.29, 1.82) is 0 Å². The van der Waals surface area contributed by atoms with Crippen molar-refractivity contribution < 1.29 is 23.7 Å². The number of carbonyl (C=O) groups excluding carboxylic acids is 1. The normalized spacial score (nSPS) is 10.7. The highest BCUT2D eigenvalue weighted by molar-refractivity contribution is 5.88. The number of benzene rings is 3. The summed E-state index contributed by atoms with van der Waals surface area (Å²) >= 11 is 0. The van der Waals surface area contributed by atoms with Gasteiger partial charge in [-0.1, -0.05) is 56.2 Å². The Morgan fingerprint density at radius 3 is 2.33 bits per heavy atom. The van der Waals surface area contributed by atoms with Gasteiger partial charge in [0.25, 0.3) is 0 Å². The van der Waals surface area contributed by atoms with Gasteiger partial charge in [0.1, 0.15) is 18.1 Å². The average molecular weight is 447 g/mol. The number of esters is 1. The fourth-order valence-corrected chi connectivity index (χ4v) is 3.10. The van der Waals surface area contributed by atoms with Crippen molar-refractivity contribution in [3.8, 4) is 23.0 Å². The topological polar surface area (TPSA) is 54.0 Å². The highest BCUT2D eigenvalue weighted by Gasteiger charge is 2.06. The highest BCUT2D eigenvalue weighted by Crippen LogP contribution is 2.29. The molecule has 0 N–H and O–H groups in total. The molecule has 0 fully saturated rings. The van der Waals surface area contributed by atoms with Crippen molar-refractivity contribution in [2.45, 2.75) is 32.8 Å².